The molecule has 3 heteroatoms. The van der Waals surface area contributed by atoms with Crippen LogP contribution in [-0.2, 0) is 4.74 Å². The van der Waals surface area contributed by atoms with Gasteiger partial charge in [0.05, 0.1) is 13.2 Å². The molecule has 3 nitrogen and oxygen atoms in total. The van der Waals surface area contributed by atoms with Crippen LogP contribution in [0.1, 0.15) is 25.8 Å². The van der Waals surface area contributed by atoms with Crippen molar-refractivity contribution < 1.29 is 4.74 Å². The second kappa shape index (κ2) is 7.23. The van der Waals surface area contributed by atoms with Crippen molar-refractivity contribution in [3.05, 3.63) is 23.9 Å². The number of ether oxygens (including phenoxy) is 1. The third kappa shape index (κ3) is 4.19. The van der Waals surface area contributed by atoms with Crippen LogP contribution in [0.4, 0.5) is 5.82 Å². The summed E-state index contributed by atoms with van der Waals surface area (Å²) < 4.78 is 5.28. The van der Waals surface area contributed by atoms with Gasteiger partial charge >= 0.3 is 0 Å². The molecular formula is C13H22N2O. The molecule has 1 aliphatic rings. The first-order chi connectivity index (χ1) is 7.77. The van der Waals surface area contributed by atoms with Gasteiger partial charge in [0.15, 0.2) is 0 Å². The van der Waals surface area contributed by atoms with E-state index in [1.807, 2.05) is 6.20 Å². The van der Waals surface area contributed by atoms with Crippen molar-refractivity contribution in [2.24, 2.45) is 0 Å². The zero-order chi connectivity index (χ0) is 11.8. The lowest BCUT2D eigenvalue weighted by Gasteiger charge is -2.27. The van der Waals surface area contributed by atoms with E-state index in [-0.39, 0.29) is 0 Å². The van der Waals surface area contributed by atoms with Gasteiger partial charge in [-0.3, -0.25) is 0 Å². The van der Waals surface area contributed by atoms with Crippen LogP contribution < -0.4 is 4.90 Å². The number of pyridine rings is 1. The quantitative estimate of drug-likeness (QED) is 0.730. The summed E-state index contributed by atoms with van der Waals surface area (Å²) in [5.41, 5.74) is 1.21. The van der Waals surface area contributed by atoms with Crippen LogP contribution in [0.25, 0.3) is 0 Å². The fourth-order valence-corrected chi connectivity index (χ4v) is 1.44. The highest BCUT2D eigenvalue weighted by molar-refractivity contribution is 5.39. The Labute approximate surface area is 98.4 Å². The molecule has 0 aromatic carbocycles. The highest BCUT2D eigenvalue weighted by Gasteiger charge is 2.11. The summed E-state index contributed by atoms with van der Waals surface area (Å²) in [4.78, 5) is 6.63. The van der Waals surface area contributed by atoms with Crippen LogP contribution in [0, 0.1) is 6.92 Å². The molecule has 0 saturated carbocycles. The van der Waals surface area contributed by atoms with Gasteiger partial charge < -0.3 is 9.64 Å². The molecule has 0 N–H and O–H groups in total. The number of aryl methyl sites for hydroxylation is 1. The molecule has 0 aliphatic carbocycles. The summed E-state index contributed by atoms with van der Waals surface area (Å²) in [6.45, 7) is 9.84. The Morgan fingerprint density at radius 3 is 2.38 bits per heavy atom. The first kappa shape index (κ1) is 13.0. The highest BCUT2D eigenvalue weighted by atomic mass is 16.5. The van der Waals surface area contributed by atoms with Gasteiger partial charge in [0, 0.05) is 19.3 Å². The molecule has 90 valence electrons. The van der Waals surface area contributed by atoms with E-state index in [4.69, 9.17) is 4.74 Å². The van der Waals surface area contributed by atoms with Gasteiger partial charge in [-0.1, -0.05) is 26.3 Å². The third-order valence-corrected chi connectivity index (χ3v) is 2.23. The minimum Gasteiger partial charge on any atom is -0.378 e. The van der Waals surface area contributed by atoms with Crippen LogP contribution in [-0.4, -0.2) is 31.3 Å². The maximum absolute atomic E-state index is 5.28. The van der Waals surface area contributed by atoms with Gasteiger partial charge in [-0.2, -0.15) is 0 Å². The van der Waals surface area contributed by atoms with Crippen molar-refractivity contribution in [3.8, 4) is 0 Å². The van der Waals surface area contributed by atoms with Crippen molar-refractivity contribution in [1.29, 1.82) is 0 Å². The summed E-state index contributed by atoms with van der Waals surface area (Å²) >= 11 is 0. The van der Waals surface area contributed by atoms with E-state index in [9.17, 15) is 0 Å². The lowest BCUT2D eigenvalue weighted by Crippen LogP contribution is -2.36. The van der Waals surface area contributed by atoms with E-state index in [1.165, 1.54) is 12.0 Å². The Morgan fingerprint density at radius 1 is 1.25 bits per heavy atom. The lowest BCUT2D eigenvalue weighted by molar-refractivity contribution is 0.122. The minimum atomic E-state index is 0.815. The van der Waals surface area contributed by atoms with Gasteiger partial charge in [-0.25, -0.2) is 4.98 Å². The number of hydrogen-bond donors (Lipinski definition) is 0. The molecule has 1 aromatic rings. The topological polar surface area (TPSA) is 25.4 Å². The summed E-state index contributed by atoms with van der Waals surface area (Å²) in [6, 6.07) is 4.17. The third-order valence-electron chi connectivity index (χ3n) is 2.23. The van der Waals surface area contributed by atoms with Gasteiger partial charge in [0.25, 0.3) is 0 Å². The second-order valence-electron chi connectivity index (χ2n) is 4.00. The molecule has 1 saturated heterocycles. The van der Waals surface area contributed by atoms with Gasteiger partial charge in [-0.05, 0) is 18.6 Å². The summed E-state index contributed by atoms with van der Waals surface area (Å²) in [5.74, 6) is 1.06. The molecule has 2 rings (SSSR count). The predicted octanol–water partition coefficient (Wildman–Crippen LogP) is 2.64. The number of aromatic nitrogens is 1. The average molecular weight is 222 g/mol. The van der Waals surface area contributed by atoms with E-state index in [0.717, 1.165) is 32.1 Å². The fourth-order valence-electron chi connectivity index (χ4n) is 1.44. The highest BCUT2D eigenvalue weighted by Crippen LogP contribution is 2.12. The van der Waals surface area contributed by atoms with E-state index in [2.05, 4.69) is 42.8 Å². The SMILES string of the molecule is CCC.Cc1ccc(N2CCOCC2)nc1. The fraction of sp³-hybridized carbons (Fsp3) is 0.615. The van der Waals surface area contributed by atoms with Crippen molar-refractivity contribution in [3.63, 3.8) is 0 Å². The molecule has 0 atom stereocenters. The second-order valence-corrected chi connectivity index (χ2v) is 4.00. The van der Waals surface area contributed by atoms with E-state index in [1.54, 1.807) is 0 Å². The molecule has 1 aromatic heterocycles. The van der Waals surface area contributed by atoms with E-state index >= 15 is 0 Å². The molecule has 0 unspecified atom stereocenters. The van der Waals surface area contributed by atoms with Crippen molar-refractivity contribution in [2.45, 2.75) is 27.2 Å². The lowest BCUT2D eigenvalue weighted by atomic mass is 10.3. The Hall–Kier alpha value is -1.09. The largest absolute Gasteiger partial charge is 0.378 e. The number of anilines is 1. The Morgan fingerprint density at radius 2 is 1.88 bits per heavy atom. The maximum Gasteiger partial charge on any atom is 0.128 e. The Balaban J connectivity index is 0.000000386. The van der Waals surface area contributed by atoms with Crippen LogP contribution >= 0.6 is 0 Å². The minimum absolute atomic E-state index is 0.815. The monoisotopic (exact) mass is 222 g/mol. The van der Waals surface area contributed by atoms with Crippen molar-refractivity contribution >= 4 is 5.82 Å². The summed E-state index contributed by atoms with van der Waals surface area (Å²) in [6.07, 6.45) is 3.16. The number of rotatable bonds is 1. The molecule has 1 fully saturated rings. The summed E-state index contributed by atoms with van der Waals surface area (Å²) in [7, 11) is 0. The first-order valence-corrected chi connectivity index (χ1v) is 6.03. The number of morpholine rings is 1. The molecule has 0 amide bonds. The molecule has 1 aliphatic heterocycles. The number of hydrogen-bond acceptors (Lipinski definition) is 3. The van der Waals surface area contributed by atoms with Gasteiger partial charge in [0.2, 0.25) is 0 Å². The molecule has 2 heterocycles. The smallest absolute Gasteiger partial charge is 0.128 e. The van der Waals surface area contributed by atoms with Crippen LogP contribution in [0.2, 0.25) is 0 Å². The molecule has 0 spiro atoms. The molecular weight excluding hydrogens is 200 g/mol. The first-order valence-electron chi connectivity index (χ1n) is 6.03. The van der Waals surface area contributed by atoms with Gasteiger partial charge in [-0.15, -0.1) is 0 Å². The molecule has 0 radical (unpaired) electrons. The zero-order valence-corrected chi connectivity index (χ0v) is 10.6. The maximum atomic E-state index is 5.28. The van der Waals surface area contributed by atoms with E-state index in [0.29, 0.717) is 0 Å². The van der Waals surface area contributed by atoms with Crippen molar-refractivity contribution in [1.82, 2.24) is 4.98 Å². The van der Waals surface area contributed by atoms with Crippen LogP contribution in [0.3, 0.4) is 0 Å². The Bertz CT molecular complexity index is 278. The molecule has 16 heavy (non-hydrogen) atoms. The normalized spacial score (nSPS) is 15.3. The standard InChI is InChI=1S/C10H14N2O.C3H8/c1-9-2-3-10(11-8-9)12-4-6-13-7-5-12;1-3-2/h2-3,8H,4-7H2,1H3;3H2,1-2H3. The summed E-state index contributed by atoms with van der Waals surface area (Å²) in [5, 5.41) is 0. The van der Waals surface area contributed by atoms with Crippen molar-refractivity contribution in [2.75, 3.05) is 31.2 Å². The van der Waals surface area contributed by atoms with Crippen LogP contribution in [0.15, 0.2) is 18.3 Å². The van der Waals surface area contributed by atoms with Gasteiger partial charge in [0.1, 0.15) is 5.82 Å². The number of nitrogens with zero attached hydrogens (tertiary/aromatic N) is 2. The predicted molar refractivity (Wildman–Crippen MR) is 68.0 cm³/mol. The van der Waals surface area contributed by atoms with E-state index < -0.39 is 0 Å². The van der Waals surface area contributed by atoms with Crippen LogP contribution in [0.5, 0.6) is 0 Å². The zero-order valence-electron chi connectivity index (χ0n) is 10.6. The molecule has 0 bridgehead atoms. The average Bonchev–Trinajstić information content (AvgIpc) is 2.32. The Kier molecular flexibility index (Phi) is 5.86.